The van der Waals surface area contributed by atoms with E-state index in [4.69, 9.17) is 4.74 Å². The molecule has 134 valence electrons. The zero-order valence-electron chi connectivity index (χ0n) is 13.3. The number of ether oxygens (including phenoxy) is 1. The minimum absolute atomic E-state index is 0. The third-order valence-electron chi connectivity index (χ3n) is 3.88. The van der Waals surface area contributed by atoms with E-state index in [1.54, 1.807) is 17.3 Å². The molecule has 1 aliphatic heterocycles. The number of pyridine rings is 1. The first kappa shape index (κ1) is 19.1. The van der Waals surface area contributed by atoms with Crippen molar-refractivity contribution in [3.8, 4) is 5.75 Å². The number of rotatable bonds is 4. The third kappa shape index (κ3) is 4.64. The summed E-state index contributed by atoms with van der Waals surface area (Å²) in [4.78, 5) is 18.3. The van der Waals surface area contributed by atoms with Gasteiger partial charge in [0.15, 0.2) is 18.2 Å². The van der Waals surface area contributed by atoms with Crippen LogP contribution in [0.3, 0.4) is 0 Å². The number of nitrogens with zero attached hydrogens (tertiary/aromatic N) is 2. The maximum Gasteiger partial charge on any atom is 0.261 e. The zero-order valence-corrected chi connectivity index (χ0v) is 14.1. The standard InChI is InChI=1S/C17H17F2N3O2.ClH/c18-13-3-4-16(14(19)8-13)24-11-17(23)22-7-6-21-10-15(22)12-2-1-5-20-9-12;/h1-5,8-9,15,21H,6-7,10-11H2;1H. The number of amides is 1. The van der Waals surface area contributed by atoms with Gasteiger partial charge in [-0.3, -0.25) is 9.78 Å². The Labute approximate surface area is 150 Å². The normalized spacial score (nSPS) is 16.9. The summed E-state index contributed by atoms with van der Waals surface area (Å²) < 4.78 is 31.7. The van der Waals surface area contributed by atoms with E-state index >= 15 is 0 Å². The van der Waals surface area contributed by atoms with E-state index < -0.39 is 11.6 Å². The minimum atomic E-state index is -0.827. The summed E-state index contributed by atoms with van der Waals surface area (Å²) in [5.74, 6) is -1.91. The summed E-state index contributed by atoms with van der Waals surface area (Å²) in [6.45, 7) is 1.50. The molecule has 8 heteroatoms. The first-order chi connectivity index (χ1) is 11.6. The summed E-state index contributed by atoms with van der Waals surface area (Å²) >= 11 is 0. The predicted molar refractivity (Wildman–Crippen MR) is 90.7 cm³/mol. The lowest BCUT2D eigenvalue weighted by Crippen LogP contribution is -2.50. The predicted octanol–water partition coefficient (Wildman–Crippen LogP) is 2.33. The highest BCUT2D eigenvalue weighted by Gasteiger charge is 2.28. The van der Waals surface area contributed by atoms with Gasteiger partial charge in [-0.2, -0.15) is 0 Å². The molecule has 0 aliphatic carbocycles. The maximum atomic E-state index is 13.6. The Balaban J connectivity index is 0.00000225. The van der Waals surface area contributed by atoms with Crippen LogP contribution in [0.1, 0.15) is 11.6 Å². The van der Waals surface area contributed by atoms with E-state index in [1.165, 1.54) is 6.07 Å². The molecular weight excluding hydrogens is 352 g/mol. The molecule has 0 spiro atoms. The molecule has 5 nitrogen and oxygen atoms in total. The summed E-state index contributed by atoms with van der Waals surface area (Å²) in [7, 11) is 0. The van der Waals surface area contributed by atoms with Crippen molar-refractivity contribution in [3.05, 3.63) is 59.9 Å². The van der Waals surface area contributed by atoms with E-state index in [9.17, 15) is 13.6 Å². The lowest BCUT2D eigenvalue weighted by molar-refractivity contribution is -0.136. The van der Waals surface area contributed by atoms with Crippen molar-refractivity contribution in [1.29, 1.82) is 0 Å². The number of benzene rings is 1. The Morgan fingerprint density at radius 1 is 1.36 bits per heavy atom. The van der Waals surface area contributed by atoms with Crippen LogP contribution in [-0.2, 0) is 4.79 Å². The molecule has 25 heavy (non-hydrogen) atoms. The largest absolute Gasteiger partial charge is 0.481 e. The van der Waals surface area contributed by atoms with E-state index in [2.05, 4.69) is 10.3 Å². The average molecular weight is 370 g/mol. The molecular formula is C17H18ClF2N3O2. The first-order valence-corrected chi connectivity index (χ1v) is 7.63. The fourth-order valence-electron chi connectivity index (χ4n) is 2.69. The Morgan fingerprint density at radius 2 is 2.20 bits per heavy atom. The number of halogens is 3. The van der Waals surface area contributed by atoms with Crippen LogP contribution < -0.4 is 10.1 Å². The summed E-state index contributed by atoms with van der Waals surface area (Å²) in [5.41, 5.74) is 0.922. The van der Waals surface area contributed by atoms with Gasteiger partial charge in [-0.1, -0.05) is 6.07 Å². The maximum absolute atomic E-state index is 13.6. The number of piperazine rings is 1. The number of carbonyl (C=O) groups excluding carboxylic acids is 1. The van der Waals surface area contributed by atoms with Crippen LogP contribution in [0.4, 0.5) is 8.78 Å². The lowest BCUT2D eigenvalue weighted by Gasteiger charge is -2.36. The lowest BCUT2D eigenvalue weighted by atomic mass is 10.1. The molecule has 0 radical (unpaired) electrons. The van der Waals surface area contributed by atoms with Gasteiger partial charge in [0, 0.05) is 38.1 Å². The van der Waals surface area contributed by atoms with Gasteiger partial charge in [0.2, 0.25) is 0 Å². The quantitative estimate of drug-likeness (QED) is 0.898. The van der Waals surface area contributed by atoms with Crippen molar-refractivity contribution in [2.75, 3.05) is 26.2 Å². The second kappa shape index (κ2) is 8.73. The van der Waals surface area contributed by atoms with Gasteiger partial charge in [-0.05, 0) is 23.8 Å². The highest BCUT2D eigenvalue weighted by Crippen LogP contribution is 2.22. The number of carbonyl (C=O) groups is 1. The molecule has 3 rings (SSSR count). The van der Waals surface area contributed by atoms with E-state index in [0.717, 1.165) is 17.7 Å². The second-order valence-electron chi connectivity index (χ2n) is 5.46. The molecule has 1 aliphatic rings. The first-order valence-electron chi connectivity index (χ1n) is 7.63. The molecule has 1 atom stereocenters. The number of hydrogen-bond donors (Lipinski definition) is 1. The molecule has 2 aromatic rings. The fourth-order valence-corrected chi connectivity index (χ4v) is 2.69. The molecule has 1 fully saturated rings. The van der Waals surface area contributed by atoms with Gasteiger partial charge in [-0.15, -0.1) is 12.4 Å². The monoisotopic (exact) mass is 369 g/mol. The van der Waals surface area contributed by atoms with Crippen LogP contribution in [0.15, 0.2) is 42.7 Å². The SMILES string of the molecule is Cl.O=C(COc1ccc(F)cc1F)N1CCNCC1c1cccnc1. The van der Waals surface area contributed by atoms with Crippen molar-refractivity contribution in [3.63, 3.8) is 0 Å². The van der Waals surface area contributed by atoms with E-state index in [0.29, 0.717) is 19.6 Å². The third-order valence-corrected chi connectivity index (χ3v) is 3.88. The summed E-state index contributed by atoms with van der Waals surface area (Å²) in [6, 6.07) is 6.56. The fraction of sp³-hybridized carbons (Fsp3) is 0.294. The van der Waals surface area contributed by atoms with Crippen LogP contribution in [0, 0.1) is 11.6 Å². The molecule has 1 N–H and O–H groups in total. The Bertz CT molecular complexity index is 718. The molecule has 0 saturated carbocycles. The van der Waals surface area contributed by atoms with Gasteiger partial charge in [-0.25, -0.2) is 8.78 Å². The Hall–Kier alpha value is -2.25. The van der Waals surface area contributed by atoms with Gasteiger partial charge >= 0.3 is 0 Å². The minimum Gasteiger partial charge on any atom is -0.481 e. The molecule has 0 bridgehead atoms. The molecule has 1 unspecified atom stereocenters. The number of hydrogen-bond acceptors (Lipinski definition) is 4. The van der Waals surface area contributed by atoms with Gasteiger partial charge < -0.3 is 15.0 Å². The smallest absolute Gasteiger partial charge is 0.261 e. The molecule has 1 aromatic heterocycles. The Kier molecular flexibility index (Phi) is 6.66. The van der Waals surface area contributed by atoms with Crippen molar-refractivity contribution >= 4 is 18.3 Å². The Morgan fingerprint density at radius 3 is 2.92 bits per heavy atom. The molecule has 1 saturated heterocycles. The number of nitrogens with one attached hydrogen (secondary N) is 1. The van der Waals surface area contributed by atoms with Crippen molar-refractivity contribution in [2.45, 2.75) is 6.04 Å². The highest BCUT2D eigenvalue weighted by atomic mass is 35.5. The topological polar surface area (TPSA) is 54.5 Å². The van der Waals surface area contributed by atoms with Crippen molar-refractivity contribution in [2.24, 2.45) is 0 Å². The average Bonchev–Trinajstić information content (AvgIpc) is 2.61. The summed E-state index contributed by atoms with van der Waals surface area (Å²) in [5, 5.41) is 3.24. The van der Waals surface area contributed by atoms with Gasteiger partial charge in [0.1, 0.15) is 5.82 Å². The van der Waals surface area contributed by atoms with Gasteiger partial charge in [0.25, 0.3) is 5.91 Å². The molecule has 1 amide bonds. The van der Waals surface area contributed by atoms with Crippen LogP contribution in [0.5, 0.6) is 5.75 Å². The number of aromatic nitrogens is 1. The molecule has 2 heterocycles. The van der Waals surface area contributed by atoms with Crippen LogP contribution in [0.2, 0.25) is 0 Å². The van der Waals surface area contributed by atoms with Gasteiger partial charge in [0.05, 0.1) is 6.04 Å². The van der Waals surface area contributed by atoms with E-state index in [1.807, 2.05) is 12.1 Å². The van der Waals surface area contributed by atoms with Crippen LogP contribution >= 0.6 is 12.4 Å². The highest BCUT2D eigenvalue weighted by molar-refractivity contribution is 5.85. The van der Waals surface area contributed by atoms with Crippen molar-refractivity contribution in [1.82, 2.24) is 15.2 Å². The second-order valence-corrected chi connectivity index (χ2v) is 5.46. The van der Waals surface area contributed by atoms with Crippen LogP contribution in [-0.4, -0.2) is 42.0 Å². The van der Waals surface area contributed by atoms with Crippen molar-refractivity contribution < 1.29 is 18.3 Å². The summed E-state index contributed by atoms with van der Waals surface area (Å²) in [6.07, 6.45) is 3.39. The van der Waals surface area contributed by atoms with E-state index in [-0.39, 0.29) is 36.7 Å². The zero-order chi connectivity index (χ0) is 16.9. The van der Waals surface area contributed by atoms with Crippen LogP contribution in [0.25, 0.3) is 0 Å². The molecule has 1 aromatic carbocycles.